The Morgan fingerprint density at radius 1 is 1.11 bits per heavy atom. The van der Waals surface area contributed by atoms with Gasteiger partial charge in [-0.05, 0) is 19.2 Å². The number of fused-ring (bicyclic) bond motifs is 1. The van der Waals surface area contributed by atoms with Gasteiger partial charge in [-0.15, -0.1) is 0 Å². The highest BCUT2D eigenvalue weighted by atomic mass is 16.2. The van der Waals surface area contributed by atoms with Crippen molar-refractivity contribution in [2.75, 3.05) is 20.1 Å². The number of hydrogen-bond donors (Lipinski definition) is 1. The van der Waals surface area contributed by atoms with Crippen LogP contribution in [0.5, 0.6) is 0 Å². The highest BCUT2D eigenvalue weighted by Crippen LogP contribution is 2.14. The molecule has 1 aromatic carbocycles. The summed E-state index contributed by atoms with van der Waals surface area (Å²) >= 11 is 0. The quantitative estimate of drug-likeness (QED) is 0.715. The lowest BCUT2D eigenvalue weighted by Crippen LogP contribution is -2.32. The molecule has 144 valence electrons. The van der Waals surface area contributed by atoms with Gasteiger partial charge in [0.05, 0.1) is 24.5 Å². The predicted molar refractivity (Wildman–Crippen MR) is 105 cm³/mol. The Balaban J connectivity index is 1.40. The fourth-order valence-electron chi connectivity index (χ4n) is 3.25. The summed E-state index contributed by atoms with van der Waals surface area (Å²) in [5, 5.41) is 11.6. The minimum absolute atomic E-state index is 0.200. The molecule has 28 heavy (non-hydrogen) atoms. The number of aromatic nitrogens is 4. The fourth-order valence-corrected chi connectivity index (χ4v) is 3.25. The Hall–Kier alpha value is -3.26. The van der Waals surface area contributed by atoms with E-state index in [1.165, 1.54) is 10.7 Å². The van der Waals surface area contributed by atoms with Crippen LogP contribution in [0.1, 0.15) is 16.2 Å². The van der Waals surface area contributed by atoms with Gasteiger partial charge >= 0.3 is 0 Å². The number of hydrogen-bond acceptors (Lipinski definition) is 5. The normalized spacial score (nSPS) is 13.9. The molecule has 0 saturated carbocycles. The van der Waals surface area contributed by atoms with Crippen molar-refractivity contribution < 1.29 is 4.79 Å². The van der Waals surface area contributed by atoms with E-state index in [0.29, 0.717) is 18.8 Å². The molecule has 1 aliphatic heterocycles. The second kappa shape index (κ2) is 7.77. The van der Waals surface area contributed by atoms with Crippen LogP contribution in [0.25, 0.3) is 11.3 Å². The van der Waals surface area contributed by atoms with E-state index < -0.39 is 0 Å². The van der Waals surface area contributed by atoms with E-state index in [-0.39, 0.29) is 11.5 Å². The zero-order chi connectivity index (χ0) is 19.5. The molecule has 3 heterocycles. The molecule has 1 amide bonds. The van der Waals surface area contributed by atoms with Gasteiger partial charge in [0.2, 0.25) is 0 Å². The molecule has 0 saturated heterocycles. The van der Waals surface area contributed by atoms with E-state index >= 15 is 0 Å². The number of carbonyl (C=O) groups excluding carboxylic acids is 1. The Labute approximate surface area is 162 Å². The van der Waals surface area contributed by atoms with Gasteiger partial charge in [0.25, 0.3) is 11.5 Å². The molecule has 8 nitrogen and oxygen atoms in total. The standard InChI is InChI=1S/C20H22N6O2/c1-24-11-12-25-16(14-24)13-18(23-25)20(28)21-9-10-26-19(27)8-7-17(22-26)15-5-3-2-4-6-15/h2-8,13H,9-12,14H2,1H3,(H,21,28). The highest BCUT2D eigenvalue weighted by Gasteiger charge is 2.18. The van der Waals surface area contributed by atoms with Crippen LogP contribution in [0.2, 0.25) is 0 Å². The van der Waals surface area contributed by atoms with Crippen LogP contribution >= 0.6 is 0 Å². The molecule has 0 bridgehead atoms. The first-order chi connectivity index (χ1) is 13.6. The van der Waals surface area contributed by atoms with Gasteiger partial charge in [0.1, 0.15) is 5.69 Å². The van der Waals surface area contributed by atoms with Crippen molar-refractivity contribution in [3.63, 3.8) is 0 Å². The fraction of sp³-hybridized carbons (Fsp3) is 0.300. The number of nitrogens with one attached hydrogen (secondary N) is 1. The van der Waals surface area contributed by atoms with E-state index in [0.717, 1.165) is 36.6 Å². The summed E-state index contributed by atoms with van der Waals surface area (Å²) in [5.74, 6) is -0.239. The van der Waals surface area contributed by atoms with Crippen LogP contribution in [0.3, 0.4) is 0 Å². The lowest BCUT2D eigenvalue weighted by atomic mass is 10.1. The molecule has 8 heteroatoms. The average Bonchev–Trinajstić information content (AvgIpc) is 3.13. The molecule has 1 N–H and O–H groups in total. The summed E-state index contributed by atoms with van der Waals surface area (Å²) in [6.45, 7) is 3.08. The minimum atomic E-state index is -0.239. The molecule has 4 rings (SSSR count). The predicted octanol–water partition coefficient (Wildman–Crippen LogP) is 0.982. The van der Waals surface area contributed by atoms with Crippen molar-refractivity contribution in [3.05, 3.63) is 70.3 Å². The van der Waals surface area contributed by atoms with E-state index in [1.54, 1.807) is 6.07 Å². The summed E-state index contributed by atoms with van der Waals surface area (Å²) in [6, 6.07) is 14.7. The average molecular weight is 378 g/mol. The maximum Gasteiger partial charge on any atom is 0.271 e. The first-order valence-electron chi connectivity index (χ1n) is 9.27. The summed E-state index contributed by atoms with van der Waals surface area (Å²) in [5.41, 5.74) is 2.90. The molecular formula is C20H22N6O2. The van der Waals surface area contributed by atoms with Crippen molar-refractivity contribution >= 4 is 5.91 Å². The summed E-state index contributed by atoms with van der Waals surface area (Å²) < 4.78 is 3.25. The third kappa shape index (κ3) is 3.86. The number of carbonyl (C=O) groups is 1. The maximum atomic E-state index is 12.4. The van der Waals surface area contributed by atoms with Crippen LogP contribution in [-0.4, -0.2) is 50.5 Å². The number of likely N-dealkylation sites (N-methyl/N-ethyl adjacent to an activating group) is 1. The second-order valence-electron chi connectivity index (χ2n) is 6.88. The second-order valence-corrected chi connectivity index (χ2v) is 6.88. The largest absolute Gasteiger partial charge is 0.349 e. The van der Waals surface area contributed by atoms with Crippen molar-refractivity contribution in [3.8, 4) is 11.3 Å². The number of rotatable bonds is 5. The van der Waals surface area contributed by atoms with Gasteiger partial charge in [0, 0.05) is 31.3 Å². The molecule has 0 aliphatic carbocycles. The van der Waals surface area contributed by atoms with Gasteiger partial charge in [0.15, 0.2) is 0 Å². The SMILES string of the molecule is CN1CCn2nc(C(=O)NCCn3nc(-c4ccccc4)ccc3=O)cc2C1. The Morgan fingerprint density at radius 3 is 2.75 bits per heavy atom. The van der Waals surface area contributed by atoms with Gasteiger partial charge in [-0.25, -0.2) is 4.68 Å². The highest BCUT2D eigenvalue weighted by molar-refractivity contribution is 5.92. The summed E-state index contributed by atoms with van der Waals surface area (Å²) in [4.78, 5) is 26.7. The molecule has 0 atom stereocenters. The molecule has 0 fully saturated rings. The monoisotopic (exact) mass is 378 g/mol. The molecular weight excluding hydrogens is 356 g/mol. The van der Waals surface area contributed by atoms with E-state index in [4.69, 9.17) is 0 Å². The van der Waals surface area contributed by atoms with Gasteiger partial charge in [-0.2, -0.15) is 10.2 Å². The van der Waals surface area contributed by atoms with Gasteiger partial charge < -0.3 is 5.32 Å². The molecule has 0 unspecified atom stereocenters. The molecule has 2 aromatic heterocycles. The lowest BCUT2D eigenvalue weighted by Gasteiger charge is -2.22. The van der Waals surface area contributed by atoms with Crippen LogP contribution in [0.15, 0.2) is 53.3 Å². The molecule has 0 spiro atoms. The number of benzene rings is 1. The Morgan fingerprint density at radius 2 is 1.93 bits per heavy atom. The van der Waals surface area contributed by atoms with Crippen LogP contribution in [0, 0.1) is 0 Å². The third-order valence-corrected chi connectivity index (χ3v) is 4.77. The lowest BCUT2D eigenvalue weighted by molar-refractivity contribution is 0.0945. The molecule has 1 aliphatic rings. The topological polar surface area (TPSA) is 85.1 Å². The van der Waals surface area contributed by atoms with Gasteiger partial charge in [-0.3, -0.25) is 19.2 Å². The summed E-state index contributed by atoms with van der Waals surface area (Å²) in [6.07, 6.45) is 0. The van der Waals surface area contributed by atoms with Crippen LogP contribution in [0.4, 0.5) is 0 Å². The molecule has 3 aromatic rings. The van der Waals surface area contributed by atoms with Crippen LogP contribution < -0.4 is 10.9 Å². The van der Waals surface area contributed by atoms with Crippen molar-refractivity contribution in [1.82, 2.24) is 29.8 Å². The zero-order valence-electron chi connectivity index (χ0n) is 15.7. The Bertz CT molecular complexity index is 1040. The van der Waals surface area contributed by atoms with E-state index in [2.05, 4.69) is 20.4 Å². The summed E-state index contributed by atoms with van der Waals surface area (Å²) in [7, 11) is 2.05. The third-order valence-electron chi connectivity index (χ3n) is 4.77. The minimum Gasteiger partial charge on any atom is -0.349 e. The van der Waals surface area contributed by atoms with Crippen LogP contribution in [-0.2, 0) is 19.6 Å². The van der Waals surface area contributed by atoms with Gasteiger partial charge in [-0.1, -0.05) is 30.3 Å². The van der Waals surface area contributed by atoms with Crippen molar-refractivity contribution in [2.45, 2.75) is 19.6 Å². The zero-order valence-corrected chi connectivity index (χ0v) is 15.7. The van der Waals surface area contributed by atoms with Crippen molar-refractivity contribution in [1.29, 1.82) is 0 Å². The first-order valence-corrected chi connectivity index (χ1v) is 9.27. The first kappa shape index (κ1) is 18.1. The van der Waals surface area contributed by atoms with E-state index in [1.807, 2.05) is 48.1 Å². The van der Waals surface area contributed by atoms with Crippen molar-refractivity contribution in [2.24, 2.45) is 0 Å². The number of amides is 1. The maximum absolute atomic E-state index is 12.4. The Kier molecular flexibility index (Phi) is 5.03. The molecule has 0 radical (unpaired) electrons. The smallest absolute Gasteiger partial charge is 0.271 e. The number of nitrogens with zero attached hydrogens (tertiary/aromatic N) is 5. The van der Waals surface area contributed by atoms with E-state index in [9.17, 15) is 9.59 Å².